The van der Waals surface area contributed by atoms with Crippen LogP contribution in [-0.4, -0.2) is 38.4 Å². The van der Waals surface area contributed by atoms with E-state index in [4.69, 9.17) is 4.74 Å². The van der Waals surface area contributed by atoms with Gasteiger partial charge in [0.2, 0.25) is 5.82 Å². The molecule has 4 rings (SSSR count). The number of tetrazole rings is 1. The average Bonchev–Trinajstić information content (AvgIpc) is 3.30. The highest BCUT2D eigenvalue weighted by atomic mass is 19.4. The number of nitrogens with one attached hydrogen (secondary N) is 2. The minimum atomic E-state index is -4.20. The fourth-order valence-corrected chi connectivity index (χ4v) is 3.65. The molecule has 0 unspecified atom stereocenters. The molecule has 0 aliphatic rings. The van der Waals surface area contributed by atoms with E-state index in [1.807, 2.05) is 44.2 Å². The first kappa shape index (κ1) is 23.2. The summed E-state index contributed by atoms with van der Waals surface area (Å²) < 4.78 is 42.4. The van der Waals surface area contributed by atoms with Crippen LogP contribution in [0, 0.1) is 13.8 Å². The van der Waals surface area contributed by atoms with Gasteiger partial charge in [-0.1, -0.05) is 29.8 Å². The Labute approximate surface area is 193 Å². The van der Waals surface area contributed by atoms with Crippen molar-refractivity contribution < 1.29 is 17.9 Å². The molecule has 4 aromatic rings. The highest BCUT2D eigenvalue weighted by Crippen LogP contribution is 2.32. The number of pyridine rings is 1. The largest absolute Gasteiger partial charge is 0.494 e. The number of aryl methyl sites for hydroxylation is 2. The Morgan fingerprint density at radius 1 is 1.00 bits per heavy atom. The zero-order valence-electron chi connectivity index (χ0n) is 18.5. The molecule has 7 nitrogen and oxygen atoms in total. The lowest BCUT2D eigenvalue weighted by Crippen LogP contribution is -2.13. The molecular formula is C24H22F3N5O2. The first-order valence-electron chi connectivity index (χ1n) is 10.6. The number of nitrogens with zero attached hydrogens (tertiary/aromatic N) is 3. The highest BCUT2D eigenvalue weighted by molar-refractivity contribution is 5.83. The van der Waals surface area contributed by atoms with E-state index in [0.29, 0.717) is 22.6 Å². The maximum absolute atomic E-state index is 13.1. The zero-order chi connectivity index (χ0) is 24.3. The van der Waals surface area contributed by atoms with Gasteiger partial charge in [-0.3, -0.25) is 4.79 Å². The van der Waals surface area contributed by atoms with Gasteiger partial charge in [0.1, 0.15) is 5.75 Å². The van der Waals surface area contributed by atoms with Crippen molar-refractivity contribution >= 4 is 0 Å². The molecule has 10 heteroatoms. The Balaban J connectivity index is 1.68. The minimum absolute atomic E-state index is 0.0356. The number of hydrogen-bond donors (Lipinski definition) is 2. The third-order valence-corrected chi connectivity index (χ3v) is 5.33. The fraction of sp³-hybridized carbons (Fsp3) is 0.250. The third-order valence-electron chi connectivity index (χ3n) is 5.33. The van der Waals surface area contributed by atoms with Crippen LogP contribution < -0.4 is 10.3 Å². The van der Waals surface area contributed by atoms with E-state index < -0.39 is 12.6 Å². The fourth-order valence-electron chi connectivity index (χ4n) is 3.65. The molecule has 176 valence electrons. The van der Waals surface area contributed by atoms with Crippen LogP contribution in [0.15, 0.2) is 53.3 Å². The van der Waals surface area contributed by atoms with Crippen LogP contribution in [0.2, 0.25) is 0 Å². The number of hydrogen-bond acceptors (Lipinski definition) is 5. The van der Waals surface area contributed by atoms with E-state index in [-0.39, 0.29) is 24.4 Å². The summed E-state index contributed by atoms with van der Waals surface area (Å²) in [7, 11) is 0. The Morgan fingerprint density at radius 3 is 2.41 bits per heavy atom. The number of aromatic nitrogens is 5. The van der Waals surface area contributed by atoms with Crippen molar-refractivity contribution in [2.45, 2.75) is 32.9 Å². The minimum Gasteiger partial charge on any atom is -0.494 e. The molecule has 0 aliphatic heterocycles. The third kappa shape index (κ3) is 5.33. The van der Waals surface area contributed by atoms with Crippen LogP contribution in [-0.2, 0) is 0 Å². The summed E-state index contributed by atoms with van der Waals surface area (Å²) in [6.45, 7) is 3.78. The molecule has 0 fully saturated rings. The molecular weight excluding hydrogens is 447 g/mol. The predicted molar refractivity (Wildman–Crippen MR) is 121 cm³/mol. The number of benzene rings is 2. The zero-order valence-corrected chi connectivity index (χ0v) is 18.5. The Kier molecular flexibility index (Phi) is 6.49. The van der Waals surface area contributed by atoms with Gasteiger partial charge in [0, 0.05) is 23.2 Å². The van der Waals surface area contributed by atoms with E-state index in [1.165, 1.54) is 0 Å². The summed E-state index contributed by atoms with van der Waals surface area (Å²) in [4.78, 5) is 16.0. The predicted octanol–water partition coefficient (Wildman–Crippen LogP) is 5.23. The lowest BCUT2D eigenvalue weighted by molar-refractivity contribution is -0.136. The van der Waals surface area contributed by atoms with Crippen LogP contribution in [0.4, 0.5) is 13.2 Å². The van der Waals surface area contributed by atoms with Crippen LogP contribution in [0.3, 0.4) is 0 Å². The number of ether oxygens (including phenoxy) is 1. The second kappa shape index (κ2) is 9.50. The molecule has 2 N–H and O–H groups in total. The molecule has 2 aromatic heterocycles. The van der Waals surface area contributed by atoms with Gasteiger partial charge in [-0.15, -0.1) is 10.2 Å². The molecule has 0 atom stereocenters. The van der Waals surface area contributed by atoms with Gasteiger partial charge in [0.25, 0.3) is 5.56 Å². The van der Waals surface area contributed by atoms with Gasteiger partial charge in [0.05, 0.1) is 12.2 Å². The normalized spacial score (nSPS) is 11.6. The first-order chi connectivity index (χ1) is 16.2. The molecule has 0 bridgehead atoms. The van der Waals surface area contributed by atoms with Crippen LogP contribution >= 0.6 is 0 Å². The van der Waals surface area contributed by atoms with E-state index in [9.17, 15) is 18.0 Å². The lowest BCUT2D eigenvalue weighted by Gasteiger charge is -2.13. The Hall–Kier alpha value is -3.95. The molecule has 2 heterocycles. The number of halogens is 3. The first-order valence-corrected chi connectivity index (χ1v) is 10.6. The van der Waals surface area contributed by atoms with Gasteiger partial charge >= 0.3 is 6.18 Å². The van der Waals surface area contributed by atoms with Crippen LogP contribution in [0.5, 0.6) is 5.75 Å². The highest BCUT2D eigenvalue weighted by Gasteiger charge is 2.26. The monoisotopic (exact) mass is 469 g/mol. The molecule has 0 amide bonds. The molecule has 0 aliphatic carbocycles. The topological polar surface area (TPSA) is 96.5 Å². The smallest absolute Gasteiger partial charge is 0.389 e. The standard InChI is InChI=1S/C24H22F3N5O2/c1-14-4-6-16(7-5-14)19-13-20(28-23(33)21(19)22-29-31-32-30-22)18-9-8-17(12-15(18)2)34-11-3-10-24(25,26)27/h4-9,12-13H,3,10-11H2,1-2H3,(H,28,33)(H,29,30,31,32). The van der Waals surface area contributed by atoms with Crippen LogP contribution in [0.25, 0.3) is 33.8 Å². The second-order valence-electron chi connectivity index (χ2n) is 7.95. The van der Waals surface area contributed by atoms with Crippen molar-refractivity contribution in [1.82, 2.24) is 25.6 Å². The van der Waals surface area contributed by atoms with Gasteiger partial charge < -0.3 is 9.72 Å². The summed E-state index contributed by atoms with van der Waals surface area (Å²) in [5.41, 5.74) is 4.60. The van der Waals surface area contributed by atoms with E-state index in [0.717, 1.165) is 22.3 Å². The van der Waals surface area contributed by atoms with E-state index in [1.54, 1.807) is 18.2 Å². The number of alkyl halides is 3. The summed E-state index contributed by atoms with van der Waals surface area (Å²) in [6.07, 6.45) is -5.20. The Morgan fingerprint density at radius 2 is 1.76 bits per heavy atom. The van der Waals surface area contributed by atoms with Crippen molar-refractivity contribution in [2.24, 2.45) is 0 Å². The van der Waals surface area contributed by atoms with Crippen LogP contribution in [0.1, 0.15) is 24.0 Å². The van der Waals surface area contributed by atoms with E-state index >= 15 is 0 Å². The molecule has 0 saturated heterocycles. The maximum atomic E-state index is 13.1. The van der Waals surface area contributed by atoms with Crippen molar-refractivity contribution in [3.63, 3.8) is 0 Å². The molecule has 0 radical (unpaired) electrons. The summed E-state index contributed by atoms with van der Waals surface area (Å²) >= 11 is 0. The second-order valence-corrected chi connectivity index (χ2v) is 7.95. The SMILES string of the molecule is Cc1ccc(-c2cc(-c3ccc(OCCCC(F)(F)F)cc3C)[nH]c(=O)c2-c2nn[nH]n2)cc1. The molecule has 0 spiro atoms. The van der Waals surface area contributed by atoms with Crippen molar-refractivity contribution in [1.29, 1.82) is 0 Å². The number of H-pyrrole nitrogens is 2. The average molecular weight is 469 g/mol. The van der Waals surface area contributed by atoms with Gasteiger partial charge in [-0.2, -0.15) is 18.4 Å². The van der Waals surface area contributed by atoms with Crippen molar-refractivity contribution in [3.8, 4) is 39.5 Å². The maximum Gasteiger partial charge on any atom is 0.389 e. The summed E-state index contributed by atoms with van der Waals surface area (Å²) in [5, 5.41) is 13.9. The molecule has 0 saturated carbocycles. The van der Waals surface area contributed by atoms with Gasteiger partial charge in [-0.25, -0.2) is 0 Å². The Bertz CT molecular complexity index is 1330. The quantitative estimate of drug-likeness (QED) is 0.362. The number of aromatic amines is 2. The summed E-state index contributed by atoms with van der Waals surface area (Å²) in [6, 6.07) is 14.8. The van der Waals surface area contributed by atoms with E-state index in [2.05, 4.69) is 25.6 Å². The van der Waals surface area contributed by atoms with Gasteiger partial charge in [-0.05, 0) is 60.9 Å². The number of rotatable bonds is 7. The lowest BCUT2D eigenvalue weighted by atomic mass is 9.96. The molecule has 2 aromatic carbocycles. The molecule has 34 heavy (non-hydrogen) atoms. The van der Waals surface area contributed by atoms with Gasteiger partial charge in [0.15, 0.2) is 0 Å². The van der Waals surface area contributed by atoms with Crippen molar-refractivity contribution in [3.05, 3.63) is 70.0 Å². The van der Waals surface area contributed by atoms with Crippen molar-refractivity contribution in [2.75, 3.05) is 6.61 Å². The summed E-state index contributed by atoms with van der Waals surface area (Å²) in [5.74, 6) is 0.649.